The minimum absolute atomic E-state index is 0.712. The van der Waals surface area contributed by atoms with E-state index in [1.807, 2.05) is 0 Å². The van der Waals surface area contributed by atoms with Gasteiger partial charge in [0.25, 0.3) is 0 Å². The summed E-state index contributed by atoms with van der Waals surface area (Å²) in [5.74, 6) is 6.32. The Labute approximate surface area is 109 Å². The van der Waals surface area contributed by atoms with Crippen LogP contribution in [-0.2, 0) is 0 Å². The summed E-state index contributed by atoms with van der Waals surface area (Å²) in [7, 11) is 2.40. The fourth-order valence-electron chi connectivity index (χ4n) is 4.24. The smallest absolute Gasteiger partial charge is 0.100 e. The van der Waals surface area contributed by atoms with Crippen molar-refractivity contribution < 1.29 is 0 Å². The van der Waals surface area contributed by atoms with Gasteiger partial charge >= 0.3 is 0 Å². The lowest BCUT2D eigenvalue weighted by Crippen LogP contribution is -2.20. The Balaban J connectivity index is 2.13. The largest absolute Gasteiger partial charge is 0.111 e. The molecule has 0 amide bonds. The molecule has 2 fully saturated rings. The molecule has 1 heteroatoms. The SMILES string of the molecule is BC1C(=C)CCC(C)CC2C(C)C2C(C)C1C. The molecule has 2 rings (SSSR count). The van der Waals surface area contributed by atoms with Crippen LogP contribution in [0.4, 0.5) is 0 Å². The van der Waals surface area contributed by atoms with Crippen molar-refractivity contribution in [1.82, 2.24) is 0 Å². The molecule has 0 nitrogen and oxygen atoms in total. The van der Waals surface area contributed by atoms with Crippen molar-refractivity contribution in [2.24, 2.45) is 35.5 Å². The summed E-state index contributed by atoms with van der Waals surface area (Å²) in [6.45, 7) is 14.2. The first-order valence-electron chi connectivity index (χ1n) is 7.61. The van der Waals surface area contributed by atoms with Crippen LogP contribution in [0.1, 0.15) is 47.0 Å². The zero-order valence-electron chi connectivity index (χ0n) is 12.4. The maximum Gasteiger partial charge on any atom is 0.111 e. The van der Waals surface area contributed by atoms with Crippen LogP contribution in [-0.4, -0.2) is 7.85 Å². The van der Waals surface area contributed by atoms with Gasteiger partial charge in [0.15, 0.2) is 0 Å². The van der Waals surface area contributed by atoms with E-state index in [2.05, 4.69) is 42.1 Å². The van der Waals surface area contributed by atoms with E-state index in [4.69, 9.17) is 0 Å². The van der Waals surface area contributed by atoms with Gasteiger partial charge in [-0.25, -0.2) is 0 Å². The van der Waals surface area contributed by atoms with Gasteiger partial charge in [-0.15, -0.1) is 6.58 Å². The highest BCUT2D eigenvalue weighted by atomic mass is 14.6. The van der Waals surface area contributed by atoms with E-state index >= 15 is 0 Å². The Morgan fingerprint density at radius 2 is 1.71 bits per heavy atom. The van der Waals surface area contributed by atoms with E-state index in [0.29, 0.717) is 5.82 Å². The first-order chi connectivity index (χ1) is 7.93. The lowest BCUT2D eigenvalue weighted by molar-refractivity contribution is 0.300. The summed E-state index contributed by atoms with van der Waals surface area (Å²) in [4.78, 5) is 0. The third-order valence-corrected chi connectivity index (χ3v) is 6.14. The molecule has 96 valence electrons. The summed E-state index contributed by atoms with van der Waals surface area (Å²) in [6, 6.07) is 0. The maximum atomic E-state index is 4.35. The maximum absolute atomic E-state index is 4.35. The van der Waals surface area contributed by atoms with E-state index in [9.17, 15) is 0 Å². The molecule has 2 aliphatic rings. The van der Waals surface area contributed by atoms with Crippen molar-refractivity contribution >= 4 is 7.85 Å². The van der Waals surface area contributed by atoms with Crippen LogP contribution in [0.15, 0.2) is 12.2 Å². The lowest BCUT2D eigenvalue weighted by Gasteiger charge is -2.30. The molecule has 0 N–H and O–H groups in total. The number of fused-ring (bicyclic) bond motifs is 1. The van der Waals surface area contributed by atoms with Crippen LogP contribution in [0, 0.1) is 35.5 Å². The molecule has 2 aliphatic carbocycles. The third-order valence-electron chi connectivity index (χ3n) is 6.14. The van der Waals surface area contributed by atoms with E-state index in [0.717, 1.165) is 35.5 Å². The highest BCUT2D eigenvalue weighted by molar-refractivity contribution is 6.13. The molecule has 0 heterocycles. The Hall–Kier alpha value is -0.195. The van der Waals surface area contributed by atoms with Crippen LogP contribution in [0.25, 0.3) is 0 Å². The molecule has 7 atom stereocenters. The van der Waals surface area contributed by atoms with Crippen LogP contribution in [0.2, 0.25) is 5.82 Å². The van der Waals surface area contributed by atoms with Crippen LogP contribution >= 0.6 is 0 Å². The first kappa shape index (κ1) is 13.2. The van der Waals surface area contributed by atoms with Gasteiger partial charge in [-0.1, -0.05) is 33.3 Å². The molecular weight excluding hydrogens is 203 g/mol. The number of allylic oxidation sites excluding steroid dienone is 1. The topological polar surface area (TPSA) is 0 Å². The predicted octanol–water partition coefficient (Wildman–Crippen LogP) is 3.94. The van der Waals surface area contributed by atoms with Gasteiger partial charge in [0.05, 0.1) is 0 Å². The molecule has 0 aromatic rings. The van der Waals surface area contributed by atoms with Gasteiger partial charge in [0.1, 0.15) is 7.85 Å². The van der Waals surface area contributed by atoms with Crippen LogP contribution in [0.3, 0.4) is 0 Å². The van der Waals surface area contributed by atoms with Gasteiger partial charge in [-0.2, -0.15) is 0 Å². The Morgan fingerprint density at radius 1 is 1.06 bits per heavy atom. The van der Waals surface area contributed by atoms with Crippen molar-refractivity contribution in [2.75, 3.05) is 0 Å². The highest BCUT2D eigenvalue weighted by Crippen LogP contribution is 2.57. The lowest BCUT2D eigenvalue weighted by atomic mass is 9.65. The van der Waals surface area contributed by atoms with Crippen molar-refractivity contribution in [2.45, 2.75) is 52.8 Å². The molecule has 0 spiro atoms. The molecule has 0 bridgehead atoms. The summed E-state index contributed by atoms with van der Waals surface area (Å²) < 4.78 is 0. The fraction of sp³-hybridized carbons (Fsp3) is 0.875. The fourth-order valence-corrected chi connectivity index (χ4v) is 4.24. The van der Waals surface area contributed by atoms with E-state index < -0.39 is 0 Å². The average Bonchev–Trinajstić information content (AvgIpc) is 2.92. The van der Waals surface area contributed by atoms with Gasteiger partial charge in [-0.05, 0) is 60.6 Å². The number of hydrogen-bond acceptors (Lipinski definition) is 0. The summed E-state index contributed by atoms with van der Waals surface area (Å²) in [5, 5.41) is 0. The summed E-state index contributed by atoms with van der Waals surface area (Å²) in [5.41, 5.74) is 1.50. The van der Waals surface area contributed by atoms with Gasteiger partial charge in [0.2, 0.25) is 0 Å². The molecule has 0 aliphatic heterocycles. The minimum Gasteiger partial charge on any atom is -0.100 e. The second kappa shape index (κ2) is 4.82. The molecule has 0 aromatic carbocycles. The Kier molecular flexibility index (Phi) is 3.76. The molecule has 0 aromatic heterocycles. The second-order valence-corrected chi connectivity index (χ2v) is 7.15. The standard InChI is InChI=1S/C16H29B/c1-9-6-7-10(2)16(17)12(4)11(3)15-13(5)14(15)8-9/h9,11-16H,2,6-8,17H2,1,3-5H3. The third kappa shape index (κ3) is 2.49. The van der Waals surface area contributed by atoms with E-state index in [1.165, 1.54) is 24.8 Å². The molecular formula is C16H29B. The van der Waals surface area contributed by atoms with Gasteiger partial charge < -0.3 is 0 Å². The molecule has 0 radical (unpaired) electrons. The van der Waals surface area contributed by atoms with Crippen LogP contribution < -0.4 is 0 Å². The summed E-state index contributed by atoms with van der Waals surface area (Å²) >= 11 is 0. The normalized spacial score (nSPS) is 51.8. The molecule has 7 unspecified atom stereocenters. The van der Waals surface area contributed by atoms with Crippen molar-refractivity contribution in [3.8, 4) is 0 Å². The average molecular weight is 232 g/mol. The highest BCUT2D eigenvalue weighted by Gasteiger charge is 2.51. The Morgan fingerprint density at radius 3 is 2.35 bits per heavy atom. The monoisotopic (exact) mass is 232 g/mol. The van der Waals surface area contributed by atoms with Gasteiger partial charge in [0, 0.05) is 0 Å². The summed E-state index contributed by atoms with van der Waals surface area (Å²) in [6.07, 6.45) is 4.08. The number of rotatable bonds is 0. The van der Waals surface area contributed by atoms with Crippen LogP contribution in [0.5, 0.6) is 0 Å². The first-order valence-corrected chi connectivity index (χ1v) is 7.61. The van der Waals surface area contributed by atoms with Crippen molar-refractivity contribution in [3.05, 3.63) is 12.2 Å². The van der Waals surface area contributed by atoms with E-state index in [1.54, 1.807) is 0 Å². The van der Waals surface area contributed by atoms with Crippen molar-refractivity contribution in [3.63, 3.8) is 0 Å². The van der Waals surface area contributed by atoms with Crippen molar-refractivity contribution in [1.29, 1.82) is 0 Å². The minimum atomic E-state index is 0.712. The quantitative estimate of drug-likeness (QED) is 0.438. The van der Waals surface area contributed by atoms with Gasteiger partial charge in [-0.3, -0.25) is 0 Å². The second-order valence-electron chi connectivity index (χ2n) is 7.15. The number of hydrogen-bond donors (Lipinski definition) is 0. The molecule has 0 saturated heterocycles. The zero-order chi connectivity index (χ0) is 12.7. The van der Waals surface area contributed by atoms with E-state index in [-0.39, 0.29) is 0 Å². The molecule has 2 saturated carbocycles. The Bertz CT molecular complexity index is 296. The predicted molar refractivity (Wildman–Crippen MR) is 78.9 cm³/mol. The zero-order valence-corrected chi connectivity index (χ0v) is 12.4. The molecule has 17 heavy (non-hydrogen) atoms.